The molecule has 0 spiro atoms. The molecule has 0 aromatic heterocycles. The molecule has 12 heteroatoms. The number of aliphatic carboxylic acids is 1. The highest BCUT2D eigenvalue weighted by Gasteiger charge is 2.55. The van der Waals surface area contributed by atoms with E-state index in [1.165, 1.54) is 0 Å². The average molecular weight is 724 g/mol. The Labute approximate surface area is 300 Å². The van der Waals surface area contributed by atoms with E-state index in [1.54, 1.807) is 29.7 Å². The molecule has 8 nitrogen and oxygen atoms in total. The number of rotatable bonds is 14. The van der Waals surface area contributed by atoms with Crippen molar-refractivity contribution in [2.45, 2.75) is 77.0 Å². The number of benzene rings is 3. The first kappa shape index (κ1) is 37.7. The summed E-state index contributed by atoms with van der Waals surface area (Å²) in [7, 11) is 0. The molecule has 1 fully saturated rings. The molecule has 2 aliphatic rings. The summed E-state index contributed by atoms with van der Waals surface area (Å²) in [6.07, 6.45) is 1.11. The van der Waals surface area contributed by atoms with E-state index in [0.717, 1.165) is 22.8 Å². The van der Waals surface area contributed by atoms with Gasteiger partial charge in [-0.1, -0.05) is 65.9 Å². The molecule has 0 radical (unpaired) electrons. The number of hydrogen-bond donors (Lipinski definition) is 2. The van der Waals surface area contributed by atoms with Gasteiger partial charge in [0.2, 0.25) is 17.6 Å². The molecule has 3 aromatic rings. The number of hydrogen-bond acceptors (Lipinski definition) is 5. The molecule has 2 aliphatic heterocycles. The van der Waals surface area contributed by atoms with Crippen LogP contribution in [0.15, 0.2) is 60.7 Å². The Kier molecular flexibility index (Phi) is 11.7. The molecule has 2 amide bonds. The summed E-state index contributed by atoms with van der Waals surface area (Å²) >= 11 is 6.49. The van der Waals surface area contributed by atoms with Gasteiger partial charge in [-0.25, -0.2) is 8.78 Å². The highest BCUT2D eigenvalue weighted by Crippen LogP contribution is 2.40. The van der Waals surface area contributed by atoms with Crippen molar-refractivity contribution < 1.29 is 37.4 Å². The molecule has 0 aliphatic carbocycles. The fraction of sp³-hybridized carbons (Fsp3) is 0.410. The molecule has 3 aromatic carbocycles. The number of piperazine rings is 1. The van der Waals surface area contributed by atoms with E-state index >= 15 is 0 Å². The first-order valence-corrected chi connectivity index (χ1v) is 17.3. The van der Waals surface area contributed by atoms with Crippen LogP contribution in [-0.2, 0) is 32.9 Å². The number of nitrogens with one attached hydrogen (secondary N) is 1. The quantitative estimate of drug-likeness (QED) is 0.112. The predicted molar refractivity (Wildman–Crippen MR) is 186 cm³/mol. The van der Waals surface area contributed by atoms with E-state index in [-0.39, 0.29) is 50.8 Å². The van der Waals surface area contributed by atoms with Gasteiger partial charge < -0.3 is 19.6 Å². The van der Waals surface area contributed by atoms with Gasteiger partial charge in [0.15, 0.2) is 17.4 Å². The number of carbonyl (C=O) groups is 3. The second-order valence-electron chi connectivity index (χ2n) is 13.6. The minimum absolute atomic E-state index is 0.0492. The fourth-order valence-electron chi connectivity index (χ4n) is 6.56. The van der Waals surface area contributed by atoms with Crippen molar-refractivity contribution >= 4 is 29.4 Å². The Morgan fingerprint density at radius 2 is 1.78 bits per heavy atom. The summed E-state index contributed by atoms with van der Waals surface area (Å²) in [6, 6.07) is 14.8. The fourth-order valence-corrected chi connectivity index (χ4v) is 6.76. The number of aryl methyl sites for hydroxylation is 1. The zero-order valence-corrected chi connectivity index (χ0v) is 29.5. The SMILES string of the molecule is CCN(Cc1ccccc1Cl)C(=O)C1N(C(=O)CCC(C)(C)C(=O)O)C[C@@H]2C#CC[C@]1(c1ccc(CCCOc3c(F)ccc(F)c3F)cc1)N2. The second-order valence-corrected chi connectivity index (χ2v) is 14.0. The second kappa shape index (κ2) is 15.8. The van der Waals surface area contributed by atoms with Gasteiger partial charge in [0.05, 0.1) is 23.6 Å². The van der Waals surface area contributed by atoms with Crippen LogP contribution in [-0.4, -0.2) is 64.5 Å². The molecule has 2 N–H and O–H groups in total. The number of ether oxygens (including phenoxy) is 1. The van der Waals surface area contributed by atoms with Crippen LogP contribution >= 0.6 is 11.6 Å². The van der Waals surface area contributed by atoms with Crippen LogP contribution < -0.4 is 10.1 Å². The van der Waals surface area contributed by atoms with Gasteiger partial charge in [0, 0.05) is 37.5 Å². The number of carboxylic acid groups (broad SMARTS) is 1. The zero-order valence-electron chi connectivity index (χ0n) is 28.8. The maximum atomic E-state index is 14.8. The molecule has 0 saturated carbocycles. The minimum Gasteiger partial charge on any atom is -0.488 e. The van der Waals surface area contributed by atoms with E-state index in [4.69, 9.17) is 16.3 Å². The topological polar surface area (TPSA) is 99.2 Å². The third-order valence-corrected chi connectivity index (χ3v) is 10.0. The van der Waals surface area contributed by atoms with Gasteiger partial charge in [0.1, 0.15) is 6.04 Å². The number of nitrogens with zero attached hydrogens (tertiary/aromatic N) is 2. The monoisotopic (exact) mass is 723 g/mol. The maximum absolute atomic E-state index is 14.8. The first-order valence-electron chi connectivity index (χ1n) is 16.9. The molecule has 1 saturated heterocycles. The number of carboxylic acids is 1. The summed E-state index contributed by atoms with van der Waals surface area (Å²) < 4.78 is 46.7. The minimum atomic E-state index is -1.37. The van der Waals surface area contributed by atoms with E-state index in [2.05, 4.69) is 17.2 Å². The van der Waals surface area contributed by atoms with Crippen molar-refractivity contribution in [1.29, 1.82) is 0 Å². The molecule has 3 atom stereocenters. The normalized spacial score (nSPS) is 19.5. The molecule has 2 heterocycles. The lowest BCUT2D eigenvalue weighted by atomic mass is 9.73. The van der Waals surface area contributed by atoms with Crippen molar-refractivity contribution in [1.82, 2.24) is 15.1 Å². The van der Waals surface area contributed by atoms with Crippen molar-refractivity contribution in [2.75, 3.05) is 19.7 Å². The van der Waals surface area contributed by atoms with Crippen LogP contribution in [0.25, 0.3) is 0 Å². The van der Waals surface area contributed by atoms with Crippen LogP contribution in [0.5, 0.6) is 5.75 Å². The molecular weight excluding hydrogens is 683 g/mol. The number of amides is 2. The van der Waals surface area contributed by atoms with Crippen LogP contribution in [0.1, 0.15) is 63.1 Å². The third-order valence-electron chi connectivity index (χ3n) is 9.67. The number of halogens is 4. The molecule has 5 rings (SSSR count). The number of fused-ring (bicyclic) bond motifs is 2. The number of likely N-dealkylation sites (N-methyl/N-ethyl adjacent to an activating group) is 1. The summed E-state index contributed by atoms with van der Waals surface area (Å²) in [5, 5.41) is 13.8. The lowest BCUT2D eigenvalue weighted by molar-refractivity contribution is -0.155. The van der Waals surface area contributed by atoms with Crippen molar-refractivity contribution in [2.24, 2.45) is 5.41 Å². The maximum Gasteiger partial charge on any atom is 0.309 e. The van der Waals surface area contributed by atoms with Gasteiger partial charge >= 0.3 is 5.97 Å². The van der Waals surface area contributed by atoms with Crippen molar-refractivity contribution in [3.05, 3.63) is 99.8 Å². The Morgan fingerprint density at radius 1 is 1.08 bits per heavy atom. The Morgan fingerprint density at radius 3 is 2.47 bits per heavy atom. The van der Waals surface area contributed by atoms with Crippen LogP contribution in [0.3, 0.4) is 0 Å². The largest absolute Gasteiger partial charge is 0.488 e. The molecule has 270 valence electrons. The summed E-state index contributed by atoms with van der Waals surface area (Å²) in [5.41, 5.74) is 0.141. The molecular formula is C39H41ClF3N3O5. The van der Waals surface area contributed by atoms with Crippen LogP contribution in [0.4, 0.5) is 13.2 Å². The van der Waals surface area contributed by atoms with E-state index in [0.29, 0.717) is 30.5 Å². The van der Waals surface area contributed by atoms with Gasteiger partial charge in [-0.2, -0.15) is 4.39 Å². The van der Waals surface area contributed by atoms with Gasteiger partial charge in [-0.05, 0) is 74.9 Å². The lowest BCUT2D eigenvalue weighted by Crippen LogP contribution is -2.73. The van der Waals surface area contributed by atoms with Crippen molar-refractivity contribution in [3.8, 4) is 17.6 Å². The Hall–Kier alpha value is -4.53. The predicted octanol–water partition coefficient (Wildman–Crippen LogP) is 6.48. The smallest absolute Gasteiger partial charge is 0.309 e. The first-order chi connectivity index (χ1) is 24.3. The molecule has 1 unspecified atom stereocenters. The van der Waals surface area contributed by atoms with Gasteiger partial charge in [0.25, 0.3) is 0 Å². The average Bonchev–Trinajstić information content (AvgIpc) is 3.11. The summed E-state index contributed by atoms with van der Waals surface area (Å²) in [6.45, 7) is 5.65. The highest BCUT2D eigenvalue weighted by atomic mass is 35.5. The molecule has 51 heavy (non-hydrogen) atoms. The Bertz CT molecular complexity index is 1840. The zero-order chi connectivity index (χ0) is 36.9. The van der Waals surface area contributed by atoms with Gasteiger partial charge in [-0.15, -0.1) is 0 Å². The van der Waals surface area contributed by atoms with E-state index < -0.39 is 52.2 Å². The summed E-state index contributed by atoms with van der Waals surface area (Å²) in [5.74, 6) is 0.429. The van der Waals surface area contributed by atoms with Crippen molar-refractivity contribution in [3.63, 3.8) is 0 Å². The highest BCUT2D eigenvalue weighted by molar-refractivity contribution is 6.31. The molecule has 2 bridgehead atoms. The van der Waals surface area contributed by atoms with Crippen LogP contribution in [0, 0.1) is 34.7 Å². The van der Waals surface area contributed by atoms with Crippen LogP contribution in [0.2, 0.25) is 5.02 Å². The third kappa shape index (κ3) is 8.18. The number of carbonyl (C=O) groups excluding carboxylic acids is 2. The van der Waals surface area contributed by atoms with E-state index in [1.807, 2.05) is 49.4 Å². The standard InChI is InChI=1S/C39H41ClF3N3O5/c1-4-45(23-26-10-5-6-12-29(26)40)36(48)35-39(20-7-11-28(44-39)24-46(35)32(47)19-21-38(2,3)37(49)50)27-15-13-25(14-16-27)9-8-22-51-34-31(42)18-17-30(41)33(34)43/h5-6,10,12-18,28,35,44H,4,8-9,19-24H2,1-3H3,(H,49,50)/t28-,35?,39+/m0/s1. The van der Waals surface area contributed by atoms with E-state index in [9.17, 15) is 32.7 Å². The Balaban J connectivity index is 1.43. The van der Waals surface area contributed by atoms with Gasteiger partial charge in [-0.3, -0.25) is 19.7 Å². The summed E-state index contributed by atoms with van der Waals surface area (Å²) in [4.78, 5) is 43.9. The lowest BCUT2D eigenvalue weighted by Gasteiger charge is -2.53.